The fourth-order valence-electron chi connectivity index (χ4n) is 4.07. The standard InChI is InChI=1S/C16H25N3O3/c1-11-14(22-12(2)17-11)15(21)19-8-6-16(10-20)5-4-7-18(3)13(16)9-19/h13,20H,4-10H2,1-3H3/t13-,16-/m1/s1. The molecule has 3 rings (SSSR count). The van der Waals surface area contributed by atoms with Crippen LogP contribution in [0.2, 0.25) is 0 Å². The van der Waals surface area contributed by atoms with Crippen LogP contribution in [0.3, 0.4) is 0 Å². The Morgan fingerprint density at radius 3 is 2.82 bits per heavy atom. The van der Waals surface area contributed by atoms with E-state index in [0.717, 1.165) is 25.8 Å². The van der Waals surface area contributed by atoms with Gasteiger partial charge >= 0.3 is 0 Å². The minimum atomic E-state index is -0.0800. The highest BCUT2D eigenvalue weighted by Gasteiger charge is 2.47. The van der Waals surface area contributed by atoms with Crippen LogP contribution >= 0.6 is 0 Å². The van der Waals surface area contributed by atoms with Crippen molar-refractivity contribution in [3.63, 3.8) is 0 Å². The van der Waals surface area contributed by atoms with E-state index in [1.165, 1.54) is 0 Å². The van der Waals surface area contributed by atoms with Crippen molar-refractivity contribution in [3.8, 4) is 0 Å². The van der Waals surface area contributed by atoms with Crippen LogP contribution in [0.1, 0.15) is 41.4 Å². The zero-order chi connectivity index (χ0) is 15.9. The fourth-order valence-corrected chi connectivity index (χ4v) is 4.07. The third-order valence-corrected chi connectivity index (χ3v) is 5.40. The Labute approximate surface area is 131 Å². The number of hydrogen-bond acceptors (Lipinski definition) is 5. The van der Waals surface area contributed by atoms with Crippen LogP contribution < -0.4 is 0 Å². The summed E-state index contributed by atoms with van der Waals surface area (Å²) in [5.41, 5.74) is 0.592. The van der Waals surface area contributed by atoms with Gasteiger partial charge in [0.2, 0.25) is 5.76 Å². The van der Waals surface area contributed by atoms with E-state index < -0.39 is 0 Å². The van der Waals surface area contributed by atoms with Crippen LogP contribution in [0.25, 0.3) is 0 Å². The maximum atomic E-state index is 12.7. The molecule has 0 saturated carbocycles. The van der Waals surface area contributed by atoms with E-state index >= 15 is 0 Å². The molecule has 2 fully saturated rings. The number of aromatic nitrogens is 1. The Morgan fingerprint density at radius 2 is 2.18 bits per heavy atom. The van der Waals surface area contributed by atoms with E-state index in [1.54, 1.807) is 13.8 Å². The summed E-state index contributed by atoms with van der Waals surface area (Å²) in [5, 5.41) is 9.93. The van der Waals surface area contributed by atoms with Gasteiger partial charge in [-0.2, -0.15) is 0 Å². The molecule has 0 spiro atoms. The van der Waals surface area contributed by atoms with Gasteiger partial charge < -0.3 is 19.3 Å². The lowest BCUT2D eigenvalue weighted by atomic mass is 9.69. The Bertz CT molecular complexity index is 571. The second-order valence-electron chi connectivity index (χ2n) is 6.77. The molecular formula is C16H25N3O3. The summed E-state index contributed by atoms with van der Waals surface area (Å²) in [5.74, 6) is 0.799. The average Bonchev–Trinajstić information content (AvgIpc) is 2.85. The number of aliphatic hydroxyl groups excluding tert-OH is 1. The Balaban J connectivity index is 1.81. The van der Waals surface area contributed by atoms with Gasteiger partial charge in [0.05, 0.1) is 12.3 Å². The highest BCUT2D eigenvalue weighted by molar-refractivity contribution is 5.92. The smallest absolute Gasteiger partial charge is 0.291 e. The summed E-state index contributed by atoms with van der Waals surface area (Å²) in [6.07, 6.45) is 3.00. The second kappa shape index (κ2) is 5.66. The molecule has 0 aromatic carbocycles. The number of carbonyl (C=O) groups excluding carboxylic acids is 1. The number of piperidine rings is 2. The molecule has 1 aromatic heterocycles. The third kappa shape index (κ3) is 2.44. The van der Waals surface area contributed by atoms with Crippen molar-refractivity contribution in [2.24, 2.45) is 5.41 Å². The zero-order valence-corrected chi connectivity index (χ0v) is 13.6. The molecule has 22 heavy (non-hydrogen) atoms. The molecule has 0 aliphatic carbocycles. The van der Waals surface area contributed by atoms with Crippen molar-refractivity contribution in [1.82, 2.24) is 14.8 Å². The van der Waals surface area contributed by atoms with Gasteiger partial charge in [0.1, 0.15) is 0 Å². The van der Waals surface area contributed by atoms with Crippen molar-refractivity contribution >= 4 is 5.91 Å². The van der Waals surface area contributed by atoms with E-state index in [0.29, 0.717) is 30.4 Å². The number of fused-ring (bicyclic) bond motifs is 1. The van der Waals surface area contributed by atoms with Gasteiger partial charge in [0.25, 0.3) is 5.91 Å². The number of oxazole rings is 1. The number of rotatable bonds is 2. The topological polar surface area (TPSA) is 69.8 Å². The van der Waals surface area contributed by atoms with Crippen LogP contribution in [-0.4, -0.2) is 65.1 Å². The van der Waals surface area contributed by atoms with Crippen molar-refractivity contribution in [3.05, 3.63) is 17.3 Å². The minimum absolute atomic E-state index is 0.0594. The first-order chi connectivity index (χ1) is 10.5. The number of carbonyl (C=O) groups is 1. The van der Waals surface area contributed by atoms with E-state index in [9.17, 15) is 9.90 Å². The van der Waals surface area contributed by atoms with Crippen molar-refractivity contribution in [1.29, 1.82) is 0 Å². The summed E-state index contributed by atoms with van der Waals surface area (Å²) in [6.45, 7) is 6.10. The highest BCUT2D eigenvalue weighted by atomic mass is 16.4. The number of likely N-dealkylation sites (tertiary alicyclic amines) is 2. The molecule has 2 aliphatic rings. The van der Waals surface area contributed by atoms with Crippen molar-refractivity contribution in [2.75, 3.05) is 33.3 Å². The van der Waals surface area contributed by atoms with Crippen LogP contribution in [0.4, 0.5) is 0 Å². The van der Waals surface area contributed by atoms with Crippen molar-refractivity contribution in [2.45, 2.75) is 39.2 Å². The lowest BCUT2D eigenvalue weighted by molar-refractivity contribution is -0.0605. The molecule has 0 radical (unpaired) electrons. The van der Waals surface area contributed by atoms with Gasteiger partial charge in [-0.1, -0.05) is 0 Å². The van der Waals surface area contributed by atoms with E-state index in [-0.39, 0.29) is 24.0 Å². The van der Waals surface area contributed by atoms with E-state index in [4.69, 9.17) is 4.42 Å². The molecule has 6 heteroatoms. The predicted octanol–water partition coefficient (Wildman–Crippen LogP) is 1.21. The molecule has 6 nitrogen and oxygen atoms in total. The van der Waals surface area contributed by atoms with Gasteiger partial charge in [-0.3, -0.25) is 4.79 Å². The summed E-state index contributed by atoms with van der Waals surface area (Å²) >= 11 is 0. The normalized spacial score (nSPS) is 29.5. The summed E-state index contributed by atoms with van der Waals surface area (Å²) < 4.78 is 5.48. The van der Waals surface area contributed by atoms with Gasteiger partial charge in [0, 0.05) is 31.5 Å². The SMILES string of the molecule is Cc1nc(C)c(C(=O)N2CC[C@@]3(CO)CCCN(C)[C@@H]3C2)o1. The maximum absolute atomic E-state index is 12.7. The van der Waals surface area contributed by atoms with Gasteiger partial charge in [-0.15, -0.1) is 0 Å². The molecule has 0 bridgehead atoms. The molecular weight excluding hydrogens is 282 g/mol. The van der Waals surface area contributed by atoms with E-state index in [2.05, 4.69) is 16.9 Å². The summed E-state index contributed by atoms with van der Waals surface area (Å²) in [7, 11) is 2.09. The fraction of sp³-hybridized carbons (Fsp3) is 0.750. The Kier molecular flexibility index (Phi) is 3.99. The second-order valence-corrected chi connectivity index (χ2v) is 6.77. The molecule has 1 N–H and O–H groups in total. The van der Waals surface area contributed by atoms with Crippen LogP contribution in [-0.2, 0) is 0 Å². The molecule has 122 valence electrons. The molecule has 2 saturated heterocycles. The molecule has 2 aliphatic heterocycles. The molecule has 0 unspecified atom stereocenters. The van der Waals surface area contributed by atoms with Gasteiger partial charge in [-0.25, -0.2) is 4.98 Å². The van der Waals surface area contributed by atoms with Crippen LogP contribution in [0, 0.1) is 19.3 Å². The maximum Gasteiger partial charge on any atom is 0.291 e. The first kappa shape index (κ1) is 15.5. The zero-order valence-electron chi connectivity index (χ0n) is 13.6. The Morgan fingerprint density at radius 1 is 1.41 bits per heavy atom. The number of nitrogens with zero attached hydrogens (tertiary/aromatic N) is 3. The Hall–Kier alpha value is -1.40. The van der Waals surface area contributed by atoms with Gasteiger partial charge in [0.15, 0.2) is 5.89 Å². The minimum Gasteiger partial charge on any atom is -0.436 e. The average molecular weight is 307 g/mol. The first-order valence-electron chi connectivity index (χ1n) is 8.01. The summed E-state index contributed by atoms with van der Waals surface area (Å²) in [6, 6.07) is 0.216. The van der Waals surface area contributed by atoms with Crippen LogP contribution in [0.5, 0.6) is 0 Å². The third-order valence-electron chi connectivity index (χ3n) is 5.40. The van der Waals surface area contributed by atoms with E-state index in [1.807, 2.05) is 4.90 Å². The number of aryl methyl sites for hydroxylation is 2. The van der Waals surface area contributed by atoms with Gasteiger partial charge in [-0.05, 0) is 39.8 Å². The first-order valence-corrected chi connectivity index (χ1v) is 8.01. The lowest BCUT2D eigenvalue weighted by Crippen LogP contribution is -2.62. The van der Waals surface area contributed by atoms with Crippen molar-refractivity contribution < 1.29 is 14.3 Å². The van der Waals surface area contributed by atoms with Crippen LogP contribution in [0.15, 0.2) is 4.42 Å². The lowest BCUT2D eigenvalue weighted by Gasteiger charge is -2.53. The largest absolute Gasteiger partial charge is 0.436 e. The molecule has 1 amide bonds. The number of amides is 1. The molecule has 2 atom stereocenters. The monoisotopic (exact) mass is 307 g/mol. The molecule has 1 aromatic rings. The molecule has 3 heterocycles. The number of likely N-dealkylation sites (N-methyl/N-ethyl adjacent to an activating group) is 1. The highest BCUT2D eigenvalue weighted by Crippen LogP contribution is 2.41. The predicted molar refractivity (Wildman–Crippen MR) is 81.7 cm³/mol. The quantitative estimate of drug-likeness (QED) is 0.889. The number of hydrogen-bond donors (Lipinski definition) is 1. The number of aliphatic hydroxyl groups is 1. The summed E-state index contributed by atoms with van der Waals surface area (Å²) in [4.78, 5) is 21.1.